The van der Waals surface area contributed by atoms with Crippen molar-refractivity contribution in [1.82, 2.24) is 20.4 Å². The first kappa shape index (κ1) is 16.6. The van der Waals surface area contributed by atoms with Gasteiger partial charge in [0.25, 0.3) is 0 Å². The summed E-state index contributed by atoms with van der Waals surface area (Å²) in [5, 5.41) is 10.9. The Hall–Kier alpha value is -2.21. The molecule has 1 aliphatic rings. The summed E-state index contributed by atoms with van der Waals surface area (Å²) in [4.78, 5) is 12.4. The number of amides is 1. The smallest absolute Gasteiger partial charge is 0.224 e. The van der Waals surface area contributed by atoms with Gasteiger partial charge in [0.15, 0.2) is 0 Å². The molecule has 1 atom stereocenters. The zero-order chi connectivity index (χ0) is 17.1. The van der Waals surface area contributed by atoms with Crippen molar-refractivity contribution in [3.8, 4) is 5.69 Å². The van der Waals surface area contributed by atoms with Crippen molar-refractivity contribution in [3.05, 3.63) is 47.0 Å². The molecule has 0 bridgehead atoms. The van der Waals surface area contributed by atoms with Crippen molar-refractivity contribution in [2.24, 2.45) is 0 Å². The first-order chi connectivity index (χ1) is 11.5. The highest BCUT2D eigenvalue weighted by atomic mass is 19.1. The van der Waals surface area contributed by atoms with Gasteiger partial charge in [0, 0.05) is 23.8 Å². The number of carbonyl (C=O) groups excluding carboxylic acids is 1. The van der Waals surface area contributed by atoms with Crippen LogP contribution < -0.4 is 10.6 Å². The lowest BCUT2D eigenvalue weighted by Gasteiger charge is -2.23. The molecule has 2 heterocycles. The summed E-state index contributed by atoms with van der Waals surface area (Å²) in [5.41, 5.74) is 3.46. The predicted molar refractivity (Wildman–Crippen MR) is 90.7 cm³/mol. The fourth-order valence-electron chi connectivity index (χ4n) is 3.18. The molecule has 1 saturated heterocycles. The van der Waals surface area contributed by atoms with Crippen LogP contribution in [0.2, 0.25) is 0 Å². The Balaban J connectivity index is 1.74. The topological polar surface area (TPSA) is 59.0 Å². The second-order valence-corrected chi connectivity index (χ2v) is 6.33. The van der Waals surface area contributed by atoms with E-state index in [1.165, 1.54) is 12.1 Å². The van der Waals surface area contributed by atoms with Crippen LogP contribution in [0.5, 0.6) is 0 Å². The molecule has 1 aromatic heterocycles. The van der Waals surface area contributed by atoms with Crippen LogP contribution in [-0.2, 0) is 11.2 Å². The standard InChI is InChI=1S/C18H23FN4O/c1-12-17(10-18(24)21-15-4-3-9-20-11-15)13(2)23(22-12)16-7-5-14(19)6-8-16/h5-8,15,20H,3-4,9-11H2,1-2H3,(H,21,24)/t15-/m0/s1. The minimum Gasteiger partial charge on any atom is -0.352 e. The second-order valence-electron chi connectivity index (χ2n) is 6.33. The SMILES string of the molecule is Cc1nn(-c2ccc(F)cc2)c(C)c1CC(=O)N[C@H]1CCCNC1. The van der Waals surface area contributed by atoms with Crippen LogP contribution in [-0.4, -0.2) is 34.8 Å². The maximum atomic E-state index is 13.1. The van der Waals surface area contributed by atoms with Crippen LogP contribution in [0, 0.1) is 19.7 Å². The Bertz CT molecular complexity index is 717. The van der Waals surface area contributed by atoms with E-state index in [0.717, 1.165) is 48.6 Å². The highest BCUT2D eigenvalue weighted by Crippen LogP contribution is 2.19. The van der Waals surface area contributed by atoms with Crippen LogP contribution in [0.1, 0.15) is 29.8 Å². The Labute approximate surface area is 141 Å². The zero-order valence-corrected chi connectivity index (χ0v) is 14.1. The van der Waals surface area contributed by atoms with Crippen LogP contribution in [0.15, 0.2) is 24.3 Å². The highest BCUT2D eigenvalue weighted by Gasteiger charge is 2.19. The number of halogens is 1. The molecule has 1 amide bonds. The van der Waals surface area contributed by atoms with E-state index in [-0.39, 0.29) is 17.8 Å². The summed E-state index contributed by atoms with van der Waals surface area (Å²) in [6.45, 7) is 5.69. The third-order valence-corrected chi connectivity index (χ3v) is 4.51. The summed E-state index contributed by atoms with van der Waals surface area (Å²) in [6, 6.07) is 6.40. The van der Waals surface area contributed by atoms with Gasteiger partial charge >= 0.3 is 0 Å². The third-order valence-electron chi connectivity index (χ3n) is 4.51. The largest absolute Gasteiger partial charge is 0.352 e. The number of hydrogen-bond donors (Lipinski definition) is 2. The van der Waals surface area contributed by atoms with Crippen LogP contribution in [0.3, 0.4) is 0 Å². The number of benzene rings is 1. The normalized spacial score (nSPS) is 17.7. The summed E-state index contributed by atoms with van der Waals surface area (Å²) < 4.78 is 14.9. The molecule has 0 unspecified atom stereocenters. The Morgan fingerprint density at radius 3 is 2.79 bits per heavy atom. The van der Waals surface area contributed by atoms with E-state index in [9.17, 15) is 9.18 Å². The number of aryl methyl sites for hydroxylation is 1. The molecule has 2 aromatic rings. The van der Waals surface area contributed by atoms with E-state index in [1.54, 1.807) is 16.8 Å². The van der Waals surface area contributed by atoms with Gasteiger partial charge in [-0.2, -0.15) is 5.10 Å². The van der Waals surface area contributed by atoms with Gasteiger partial charge in [0.1, 0.15) is 5.82 Å². The summed E-state index contributed by atoms with van der Waals surface area (Å²) >= 11 is 0. The van der Waals surface area contributed by atoms with Crippen LogP contribution in [0.25, 0.3) is 5.69 Å². The lowest BCUT2D eigenvalue weighted by molar-refractivity contribution is -0.121. The van der Waals surface area contributed by atoms with Crippen LogP contribution in [0.4, 0.5) is 4.39 Å². The van der Waals surface area contributed by atoms with E-state index in [2.05, 4.69) is 15.7 Å². The molecule has 1 aliphatic heterocycles. The van der Waals surface area contributed by atoms with Gasteiger partial charge in [0.05, 0.1) is 17.8 Å². The number of rotatable bonds is 4. The number of carbonyl (C=O) groups is 1. The molecule has 3 rings (SSSR count). The molecule has 0 saturated carbocycles. The molecule has 6 heteroatoms. The van der Waals surface area contributed by atoms with Gasteiger partial charge in [-0.05, 0) is 57.5 Å². The minimum absolute atomic E-state index is 0.0218. The average molecular weight is 330 g/mol. The molecule has 5 nitrogen and oxygen atoms in total. The predicted octanol–water partition coefficient (Wildman–Crippen LogP) is 2.04. The Kier molecular flexibility index (Phi) is 4.94. The Morgan fingerprint density at radius 2 is 2.12 bits per heavy atom. The van der Waals surface area contributed by atoms with Crippen molar-refractivity contribution in [2.75, 3.05) is 13.1 Å². The minimum atomic E-state index is -0.277. The van der Waals surface area contributed by atoms with Gasteiger partial charge in [0.2, 0.25) is 5.91 Å². The quantitative estimate of drug-likeness (QED) is 0.902. The summed E-state index contributed by atoms with van der Waals surface area (Å²) in [5.74, 6) is -0.255. The molecule has 1 fully saturated rings. The number of nitrogens with zero attached hydrogens (tertiary/aromatic N) is 2. The number of hydrogen-bond acceptors (Lipinski definition) is 3. The monoisotopic (exact) mass is 330 g/mol. The summed E-state index contributed by atoms with van der Waals surface area (Å²) in [7, 11) is 0. The van der Waals surface area contributed by atoms with Crippen molar-refractivity contribution >= 4 is 5.91 Å². The van der Waals surface area contributed by atoms with E-state index >= 15 is 0 Å². The first-order valence-electron chi connectivity index (χ1n) is 8.35. The van der Waals surface area contributed by atoms with Crippen molar-refractivity contribution in [3.63, 3.8) is 0 Å². The third kappa shape index (κ3) is 3.64. The molecule has 0 radical (unpaired) electrons. The lowest BCUT2D eigenvalue weighted by atomic mass is 10.1. The molecule has 0 aliphatic carbocycles. The maximum Gasteiger partial charge on any atom is 0.224 e. The molecule has 24 heavy (non-hydrogen) atoms. The fourth-order valence-corrected chi connectivity index (χ4v) is 3.18. The fraction of sp³-hybridized carbons (Fsp3) is 0.444. The van der Waals surface area contributed by atoms with E-state index in [0.29, 0.717) is 6.42 Å². The van der Waals surface area contributed by atoms with Gasteiger partial charge in [-0.25, -0.2) is 9.07 Å². The van der Waals surface area contributed by atoms with Gasteiger partial charge in [-0.3, -0.25) is 4.79 Å². The molecule has 1 aromatic carbocycles. The maximum absolute atomic E-state index is 13.1. The molecular weight excluding hydrogens is 307 g/mol. The highest BCUT2D eigenvalue weighted by molar-refractivity contribution is 5.79. The lowest BCUT2D eigenvalue weighted by Crippen LogP contribution is -2.46. The van der Waals surface area contributed by atoms with Crippen molar-refractivity contribution in [1.29, 1.82) is 0 Å². The Morgan fingerprint density at radius 1 is 1.38 bits per heavy atom. The molecule has 128 valence electrons. The molecule has 0 spiro atoms. The van der Waals surface area contributed by atoms with Gasteiger partial charge < -0.3 is 10.6 Å². The van der Waals surface area contributed by atoms with E-state index in [4.69, 9.17) is 0 Å². The summed E-state index contributed by atoms with van der Waals surface area (Å²) in [6.07, 6.45) is 2.42. The van der Waals surface area contributed by atoms with E-state index < -0.39 is 0 Å². The zero-order valence-electron chi connectivity index (χ0n) is 14.1. The average Bonchev–Trinajstić information content (AvgIpc) is 2.85. The second kappa shape index (κ2) is 7.13. The van der Waals surface area contributed by atoms with Gasteiger partial charge in [-0.1, -0.05) is 0 Å². The van der Waals surface area contributed by atoms with Crippen LogP contribution >= 0.6 is 0 Å². The number of aromatic nitrogens is 2. The van der Waals surface area contributed by atoms with Gasteiger partial charge in [-0.15, -0.1) is 0 Å². The van der Waals surface area contributed by atoms with Crippen molar-refractivity contribution in [2.45, 2.75) is 39.2 Å². The molecular formula is C18H23FN4O. The van der Waals surface area contributed by atoms with Crippen molar-refractivity contribution < 1.29 is 9.18 Å². The number of piperidine rings is 1. The first-order valence-corrected chi connectivity index (χ1v) is 8.35. The van der Waals surface area contributed by atoms with E-state index in [1.807, 2.05) is 13.8 Å². The number of nitrogens with one attached hydrogen (secondary N) is 2. The molecule has 2 N–H and O–H groups in total.